The van der Waals surface area contributed by atoms with E-state index in [1.165, 1.54) is 5.56 Å². The lowest BCUT2D eigenvalue weighted by atomic mass is 10.0. The minimum Gasteiger partial charge on any atom is -0.496 e. The molecule has 1 aromatic rings. The largest absolute Gasteiger partial charge is 0.496 e. The van der Waals surface area contributed by atoms with Gasteiger partial charge in [0, 0.05) is 12.7 Å². The quantitative estimate of drug-likeness (QED) is 0.732. The van der Waals surface area contributed by atoms with Crippen LogP contribution in [0.15, 0.2) is 6.07 Å². The molecule has 0 fully saturated rings. The maximum Gasteiger partial charge on any atom is 0.125 e. The minimum atomic E-state index is 0.395. The van der Waals surface area contributed by atoms with E-state index in [0.29, 0.717) is 6.54 Å². The summed E-state index contributed by atoms with van der Waals surface area (Å²) in [6.45, 7) is 6.52. The number of benzene rings is 1. The summed E-state index contributed by atoms with van der Waals surface area (Å²) in [4.78, 5) is 1.95. The third kappa shape index (κ3) is 2.11. The predicted molar refractivity (Wildman–Crippen MR) is 66.1 cm³/mol. The zero-order valence-electron chi connectivity index (χ0n) is 10.6. The van der Waals surface area contributed by atoms with E-state index in [1.54, 1.807) is 7.11 Å². The van der Waals surface area contributed by atoms with E-state index >= 15 is 0 Å². The number of hydrogen-bond acceptors (Lipinski definition) is 3. The van der Waals surface area contributed by atoms with Crippen molar-refractivity contribution >= 4 is 5.69 Å². The second-order valence-corrected chi connectivity index (χ2v) is 4.01. The molecule has 0 aromatic heterocycles. The van der Waals surface area contributed by atoms with E-state index in [-0.39, 0.29) is 0 Å². The van der Waals surface area contributed by atoms with Crippen LogP contribution < -0.4 is 9.64 Å². The Hall–Kier alpha value is -1.69. The maximum absolute atomic E-state index is 8.71. The SMILES string of the molecule is COc1c(C)cc(N(C)CC#N)c(C)c1C. The van der Waals surface area contributed by atoms with Gasteiger partial charge < -0.3 is 9.64 Å². The highest BCUT2D eigenvalue weighted by atomic mass is 16.5. The van der Waals surface area contributed by atoms with Gasteiger partial charge in [0.15, 0.2) is 0 Å². The molecule has 0 N–H and O–H groups in total. The number of anilines is 1. The lowest BCUT2D eigenvalue weighted by molar-refractivity contribution is 0.408. The molecule has 0 unspecified atom stereocenters. The second-order valence-electron chi connectivity index (χ2n) is 4.01. The molecule has 0 amide bonds. The Morgan fingerprint density at radius 2 is 1.94 bits per heavy atom. The highest BCUT2D eigenvalue weighted by Gasteiger charge is 2.12. The van der Waals surface area contributed by atoms with Crippen LogP contribution in [0.25, 0.3) is 0 Å². The molecule has 0 spiro atoms. The van der Waals surface area contributed by atoms with Gasteiger partial charge in [0.25, 0.3) is 0 Å². The van der Waals surface area contributed by atoms with Crippen LogP contribution in [0.1, 0.15) is 16.7 Å². The molecule has 1 aromatic carbocycles. The number of aryl methyl sites for hydroxylation is 1. The molecule has 0 atom stereocenters. The molecule has 3 nitrogen and oxygen atoms in total. The monoisotopic (exact) mass is 218 g/mol. The molecular weight excluding hydrogens is 200 g/mol. The van der Waals surface area contributed by atoms with Gasteiger partial charge in [-0.15, -0.1) is 0 Å². The molecule has 0 bridgehead atoms. The third-order valence-electron chi connectivity index (χ3n) is 2.92. The van der Waals surface area contributed by atoms with Crippen molar-refractivity contribution < 1.29 is 4.74 Å². The lowest BCUT2D eigenvalue weighted by Crippen LogP contribution is -2.18. The highest BCUT2D eigenvalue weighted by molar-refractivity contribution is 5.62. The summed E-state index contributed by atoms with van der Waals surface area (Å²) in [6.07, 6.45) is 0. The third-order valence-corrected chi connectivity index (χ3v) is 2.92. The number of methoxy groups -OCH3 is 1. The number of rotatable bonds is 3. The highest BCUT2D eigenvalue weighted by Crippen LogP contribution is 2.32. The fourth-order valence-electron chi connectivity index (χ4n) is 1.94. The summed E-state index contributed by atoms with van der Waals surface area (Å²) in [6, 6.07) is 4.22. The van der Waals surface area contributed by atoms with E-state index in [1.807, 2.05) is 25.8 Å². The van der Waals surface area contributed by atoms with E-state index < -0.39 is 0 Å². The molecule has 0 heterocycles. The molecule has 0 aliphatic heterocycles. The predicted octanol–water partition coefficient (Wildman–Crippen LogP) is 2.58. The molecule has 0 aliphatic rings. The number of nitrogens with zero attached hydrogens (tertiary/aromatic N) is 2. The van der Waals surface area contributed by atoms with E-state index in [0.717, 1.165) is 22.6 Å². The van der Waals surface area contributed by atoms with Crippen LogP contribution in [-0.2, 0) is 0 Å². The molecule has 0 saturated heterocycles. The first-order chi connectivity index (χ1) is 7.52. The smallest absolute Gasteiger partial charge is 0.125 e. The van der Waals surface area contributed by atoms with Gasteiger partial charge in [0.2, 0.25) is 0 Å². The van der Waals surface area contributed by atoms with Crippen LogP contribution in [0.3, 0.4) is 0 Å². The molecule has 1 rings (SSSR count). The van der Waals surface area contributed by atoms with Crippen molar-refractivity contribution in [3.05, 3.63) is 22.8 Å². The van der Waals surface area contributed by atoms with Gasteiger partial charge in [0.05, 0.1) is 13.2 Å². The second kappa shape index (κ2) is 4.89. The van der Waals surface area contributed by atoms with Crippen LogP contribution in [0.5, 0.6) is 5.75 Å². The van der Waals surface area contributed by atoms with Crippen molar-refractivity contribution in [2.75, 3.05) is 25.6 Å². The van der Waals surface area contributed by atoms with Crippen molar-refractivity contribution in [2.45, 2.75) is 20.8 Å². The van der Waals surface area contributed by atoms with Crippen LogP contribution in [0.4, 0.5) is 5.69 Å². The zero-order valence-corrected chi connectivity index (χ0v) is 10.6. The van der Waals surface area contributed by atoms with E-state index in [9.17, 15) is 0 Å². The van der Waals surface area contributed by atoms with E-state index in [4.69, 9.17) is 10.00 Å². The Kier molecular flexibility index (Phi) is 3.78. The fourth-order valence-corrected chi connectivity index (χ4v) is 1.94. The molecule has 16 heavy (non-hydrogen) atoms. The van der Waals surface area contributed by atoms with Crippen molar-refractivity contribution in [1.82, 2.24) is 0 Å². The van der Waals surface area contributed by atoms with Crippen LogP contribution in [-0.4, -0.2) is 20.7 Å². The first-order valence-corrected chi connectivity index (χ1v) is 5.25. The Labute approximate surface area is 97.3 Å². The summed E-state index contributed by atoms with van der Waals surface area (Å²) in [5.41, 5.74) is 4.50. The van der Waals surface area contributed by atoms with Crippen LogP contribution >= 0.6 is 0 Å². The van der Waals surface area contributed by atoms with Crippen molar-refractivity contribution in [3.63, 3.8) is 0 Å². The molecule has 0 radical (unpaired) electrons. The van der Waals surface area contributed by atoms with Gasteiger partial charge in [0.1, 0.15) is 12.3 Å². The van der Waals surface area contributed by atoms with Gasteiger partial charge in [-0.25, -0.2) is 0 Å². The van der Waals surface area contributed by atoms with Crippen LogP contribution in [0.2, 0.25) is 0 Å². The molecule has 3 heteroatoms. The first-order valence-electron chi connectivity index (χ1n) is 5.25. The van der Waals surface area contributed by atoms with Crippen molar-refractivity contribution in [1.29, 1.82) is 5.26 Å². The molecular formula is C13H18N2O. The maximum atomic E-state index is 8.71. The number of hydrogen-bond donors (Lipinski definition) is 0. The van der Waals surface area contributed by atoms with Crippen molar-refractivity contribution in [3.8, 4) is 11.8 Å². The van der Waals surface area contributed by atoms with Gasteiger partial charge in [-0.05, 0) is 43.5 Å². The molecule has 0 aliphatic carbocycles. The zero-order chi connectivity index (χ0) is 12.3. The van der Waals surface area contributed by atoms with Gasteiger partial charge in [-0.2, -0.15) is 5.26 Å². The van der Waals surface area contributed by atoms with Crippen LogP contribution in [0, 0.1) is 32.1 Å². The topological polar surface area (TPSA) is 36.3 Å². The van der Waals surface area contributed by atoms with Gasteiger partial charge >= 0.3 is 0 Å². The lowest BCUT2D eigenvalue weighted by Gasteiger charge is -2.22. The van der Waals surface area contributed by atoms with Gasteiger partial charge in [-0.1, -0.05) is 0 Å². The summed E-state index contributed by atoms with van der Waals surface area (Å²) in [5.74, 6) is 0.937. The fraction of sp³-hybridized carbons (Fsp3) is 0.462. The molecule has 0 saturated carbocycles. The Balaban J connectivity index is 3.29. The average molecular weight is 218 g/mol. The van der Waals surface area contributed by atoms with Gasteiger partial charge in [-0.3, -0.25) is 0 Å². The number of ether oxygens (including phenoxy) is 1. The standard InChI is InChI=1S/C13H18N2O/c1-9-8-12(15(4)7-6-14)10(2)11(3)13(9)16-5/h8H,7H2,1-5H3. The average Bonchev–Trinajstić information content (AvgIpc) is 2.24. The normalized spacial score (nSPS) is 9.75. The van der Waals surface area contributed by atoms with E-state index in [2.05, 4.69) is 19.1 Å². The number of nitriles is 1. The first kappa shape index (κ1) is 12.4. The summed E-state index contributed by atoms with van der Waals surface area (Å²) < 4.78 is 5.37. The Bertz CT molecular complexity index is 433. The minimum absolute atomic E-state index is 0.395. The van der Waals surface area contributed by atoms with Crippen molar-refractivity contribution in [2.24, 2.45) is 0 Å². The summed E-state index contributed by atoms with van der Waals surface area (Å²) in [7, 11) is 3.62. The Morgan fingerprint density at radius 1 is 1.31 bits per heavy atom. The summed E-state index contributed by atoms with van der Waals surface area (Å²) in [5, 5.41) is 8.71. The molecule has 86 valence electrons. The summed E-state index contributed by atoms with van der Waals surface area (Å²) >= 11 is 0. The Morgan fingerprint density at radius 3 is 2.44 bits per heavy atom.